The Bertz CT molecular complexity index is 625. The third-order valence-corrected chi connectivity index (χ3v) is 2.53. The van der Waals surface area contributed by atoms with Gasteiger partial charge in [0.15, 0.2) is 0 Å². The summed E-state index contributed by atoms with van der Waals surface area (Å²) in [5.41, 5.74) is 6.19. The Labute approximate surface area is 103 Å². The molecule has 0 radical (unpaired) electrons. The first-order chi connectivity index (χ1) is 8.65. The minimum absolute atomic E-state index is 0.0270. The van der Waals surface area contributed by atoms with E-state index in [2.05, 4.69) is 16.9 Å². The van der Waals surface area contributed by atoms with E-state index in [9.17, 15) is 9.18 Å². The molecule has 3 N–H and O–H groups in total. The largest absolute Gasteiger partial charge is 0.398 e. The molecule has 0 spiro atoms. The molecule has 0 aliphatic heterocycles. The van der Waals surface area contributed by atoms with Gasteiger partial charge in [-0.2, -0.15) is 0 Å². The van der Waals surface area contributed by atoms with Crippen LogP contribution in [0.4, 0.5) is 10.1 Å². The lowest BCUT2D eigenvalue weighted by molar-refractivity contribution is 0.0954. The first kappa shape index (κ1) is 12.0. The minimum Gasteiger partial charge on any atom is -0.398 e. The number of hydrogen-bond donors (Lipinski definition) is 2. The standard InChI is InChI=1S/C13H12FN3O/c1-2-6-17-13(18)12-11-8(5-7-16-12)10(15)4-3-9(11)14/h2-5,7H,1,6,15H2,(H,17,18). The molecule has 2 rings (SSSR count). The molecule has 0 aliphatic rings. The van der Waals surface area contributed by atoms with Gasteiger partial charge in [0.1, 0.15) is 11.5 Å². The van der Waals surface area contributed by atoms with Crippen LogP contribution in [0.5, 0.6) is 0 Å². The van der Waals surface area contributed by atoms with Gasteiger partial charge in [-0.1, -0.05) is 6.08 Å². The van der Waals surface area contributed by atoms with E-state index in [1.165, 1.54) is 24.4 Å². The van der Waals surface area contributed by atoms with Crippen LogP contribution in [0.15, 0.2) is 37.1 Å². The molecule has 5 heteroatoms. The summed E-state index contributed by atoms with van der Waals surface area (Å²) in [4.78, 5) is 15.8. The van der Waals surface area contributed by atoms with E-state index in [-0.39, 0.29) is 11.1 Å². The van der Waals surface area contributed by atoms with Crippen molar-refractivity contribution < 1.29 is 9.18 Å². The van der Waals surface area contributed by atoms with Crippen molar-refractivity contribution in [2.75, 3.05) is 12.3 Å². The molecule has 0 atom stereocenters. The number of nitrogen functional groups attached to an aromatic ring is 1. The molecule has 92 valence electrons. The second kappa shape index (κ2) is 4.83. The molecule has 0 unspecified atom stereocenters. The number of fused-ring (bicyclic) bond motifs is 1. The number of hydrogen-bond acceptors (Lipinski definition) is 3. The quantitative estimate of drug-likeness (QED) is 0.640. The molecule has 18 heavy (non-hydrogen) atoms. The number of anilines is 1. The number of carbonyl (C=O) groups excluding carboxylic acids is 1. The first-order valence-electron chi connectivity index (χ1n) is 5.37. The number of aromatic nitrogens is 1. The summed E-state index contributed by atoms with van der Waals surface area (Å²) in [5.74, 6) is -0.971. The molecular weight excluding hydrogens is 233 g/mol. The molecule has 0 fully saturated rings. The third kappa shape index (κ3) is 2.02. The van der Waals surface area contributed by atoms with Crippen LogP contribution in [0.2, 0.25) is 0 Å². The van der Waals surface area contributed by atoms with E-state index in [0.717, 1.165) is 0 Å². The van der Waals surface area contributed by atoms with Gasteiger partial charge in [0.2, 0.25) is 0 Å². The minimum atomic E-state index is -0.518. The van der Waals surface area contributed by atoms with Crippen LogP contribution in [0.25, 0.3) is 10.8 Å². The lowest BCUT2D eigenvalue weighted by atomic mass is 10.1. The Morgan fingerprint density at radius 2 is 2.28 bits per heavy atom. The second-order valence-electron chi connectivity index (χ2n) is 3.72. The topological polar surface area (TPSA) is 68.0 Å². The van der Waals surface area contributed by atoms with E-state index < -0.39 is 11.7 Å². The van der Waals surface area contributed by atoms with Crippen LogP contribution in [-0.4, -0.2) is 17.4 Å². The fraction of sp³-hybridized carbons (Fsp3) is 0.0769. The Balaban J connectivity index is 2.61. The zero-order valence-electron chi connectivity index (χ0n) is 9.61. The van der Waals surface area contributed by atoms with Crippen LogP contribution < -0.4 is 11.1 Å². The van der Waals surface area contributed by atoms with Gasteiger partial charge in [0, 0.05) is 23.8 Å². The summed E-state index contributed by atoms with van der Waals surface area (Å²) in [6, 6.07) is 4.27. The fourth-order valence-electron chi connectivity index (χ4n) is 1.70. The van der Waals surface area contributed by atoms with Crippen molar-refractivity contribution in [2.45, 2.75) is 0 Å². The Morgan fingerprint density at radius 3 is 3.00 bits per heavy atom. The van der Waals surface area contributed by atoms with Crippen LogP contribution in [-0.2, 0) is 0 Å². The van der Waals surface area contributed by atoms with Crippen molar-refractivity contribution in [2.24, 2.45) is 0 Å². The highest BCUT2D eigenvalue weighted by Crippen LogP contribution is 2.25. The SMILES string of the molecule is C=CCNC(=O)c1nccc2c(N)ccc(F)c12. The number of rotatable bonds is 3. The number of nitrogens with one attached hydrogen (secondary N) is 1. The molecule has 0 aliphatic carbocycles. The van der Waals surface area contributed by atoms with Gasteiger partial charge in [0.05, 0.1) is 5.39 Å². The van der Waals surface area contributed by atoms with Crippen molar-refractivity contribution in [3.8, 4) is 0 Å². The van der Waals surface area contributed by atoms with E-state index in [4.69, 9.17) is 5.73 Å². The summed E-state index contributed by atoms with van der Waals surface area (Å²) in [6.07, 6.45) is 2.97. The van der Waals surface area contributed by atoms with Gasteiger partial charge in [-0.15, -0.1) is 6.58 Å². The van der Waals surface area contributed by atoms with Crippen molar-refractivity contribution >= 4 is 22.4 Å². The predicted octanol–water partition coefficient (Wildman–Crippen LogP) is 1.87. The van der Waals surface area contributed by atoms with Crippen molar-refractivity contribution in [3.63, 3.8) is 0 Å². The van der Waals surface area contributed by atoms with Crippen molar-refractivity contribution in [3.05, 3.63) is 48.6 Å². The Morgan fingerprint density at radius 1 is 1.50 bits per heavy atom. The second-order valence-corrected chi connectivity index (χ2v) is 3.72. The van der Waals surface area contributed by atoms with Crippen molar-refractivity contribution in [1.82, 2.24) is 10.3 Å². The summed E-state index contributed by atoms with van der Waals surface area (Å²) < 4.78 is 13.8. The highest BCUT2D eigenvalue weighted by Gasteiger charge is 2.15. The molecule has 1 aromatic carbocycles. The summed E-state index contributed by atoms with van der Waals surface area (Å²) in [5, 5.41) is 3.18. The Hall–Kier alpha value is -2.43. The molecule has 0 bridgehead atoms. The number of pyridine rings is 1. The third-order valence-electron chi connectivity index (χ3n) is 2.53. The number of halogens is 1. The summed E-state index contributed by atoms with van der Waals surface area (Å²) in [6.45, 7) is 3.78. The fourth-order valence-corrected chi connectivity index (χ4v) is 1.70. The van der Waals surface area contributed by atoms with Gasteiger partial charge in [0.25, 0.3) is 5.91 Å². The number of carbonyl (C=O) groups is 1. The van der Waals surface area contributed by atoms with E-state index in [1.54, 1.807) is 6.07 Å². The number of nitrogens with zero attached hydrogens (tertiary/aromatic N) is 1. The monoisotopic (exact) mass is 245 g/mol. The molecule has 0 saturated heterocycles. The first-order valence-corrected chi connectivity index (χ1v) is 5.37. The predicted molar refractivity (Wildman–Crippen MR) is 68.6 cm³/mol. The average molecular weight is 245 g/mol. The van der Waals surface area contributed by atoms with Gasteiger partial charge >= 0.3 is 0 Å². The van der Waals surface area contributed by atoms with Crippen LogP contribution in [0.3, 0.4) is 0 Å². The average Bonchev–Trinajstić information content (AvgIpc) is 2.39. The van der Waals surface area contributed by atoms with E-state index in [0.29, 0.717) is 17.6 Å². The maximum absolute atomic E-state index is 13.8. The van der Waals surface area contributed by atoms with Crippen LogP contribution >= 0.6 is 0 Å². The van der Waals surface area contributed by atoms with E-state index >= 15 is 0 Å². The maximum Gasteiger partial charge on any atom is 0.270 e. The smallest absolute Gasteiger partial charge is 0.270 e. The maximum atomic E-state index is 13.8. The zero-order valence-corrected chi connectivity index (χ0v) is 9.61. The molecular formula is C13H12FN3O. The molecule has 1 amide bonds. The summed E-state index contributed by atoms with van der Waals surface area (Å²) in [7, 11) is 0. The number of nitrogens with two attached hydrogens (primary N) is 1. The molecule has 1 heterocycles. The van der Waals surface area contributed by atoms with E-state index in [1.807, 2.05) is 0 Å². The summed E-state index contributed by atoms with van der Waals surface area (Å²) >= 11 is 0. The number of amides is 1. The molecule has 4 nitrogen and oxygen atoms in total. The Kier molecular flexibility index (Phi) is 3.23. The lowest BCUT2D eigenvalue weighted by Gasteiger charge is -2.08. The van der Waals surface area contributed by atoms with Crippen LogP contribution in [0, 0.1) is 5.82 Å². The highest BCUT2D eigenvalue weighted by molar-refractivity contribution is 6.08. The highest BCUT2D eigenvalue weighted by atomic mass is 19.1. The van der Waals surface area contributed by atoms with Gasteiger partial charge in [-0.05, 0) is 18.2 Å². The molecule has 0 saturated carbocycles. The van der Waals surface area contributed by atoms with Gasteiger partial charge in [-0.25, -0.2) is 4.39 Å². The van der Waals surface area contributed by atoms with Crippen LogP contribution in [0.1, 0.15) is 10.5 Å². The van der Waals surface area contributed by atoms with Crippen molar-refractivity contribution in [1.29, 1.82) is 0 Å². The normalized spacial score (nSPS) is 10.3. The number of benzene rings is 1. The molecule has 1 aromatic heterocycles. The molecule has 2 aromatic rings. The van der Waals surface area contributed by atoms with Gasteiger partial charge in [-0.3, -0.25) is 9.78 Å². The zero-order chi connectivity index (χ0) is 13.1. The lowest BCUT2D eigenvalue weighted by Crippen LogP contribution is -2.24. The van der Waals surface area contributed by atoms with Gasteiger partial charge < -0.3 is 11.1 Å².